The minimum atomic E-state index is -3.42. The van der Waals surface area contributed by atoms with Gasteiger partial charge >= 0.3 is 0 Å². The van der Waals surface area contributed by atoms with Gasteiger partial charge in [0.2, 0.25) is 10.0 Å². The van der Waals surface area contributed by atoms with Gasteiger partial charge in [0.1, 0.15) is 0 Å². The lowest BCUT2D eigenvalue weighted by atomic mass is 10.0. The van der Waals surface area contributed by atoms with Crippen LogP contribution < -0.4 is 5.32 Å². The summed E-state index contributed by atoms with van der Waals surface area (Å²) >= 11 is 3.43. The maximum Gasteiger partial charge on any atom is 0.244 e. The van der Waals surface area contributed by atoms with Crippen LogP contribution in [0.5, 0.6) is 0 Å². The van der Waals surface area contributed by atoms with Crippen molar-refractivity contribution in [2.75, 3.05) is 13.6 Å². The molecule has 1 aliphatic heterocycles. The number of nitrogens with one attached hydrogen (secondary N) is 1. The number of benzene rings is 1. The number of halogens is 1. The number of rotatable bonds is 5. The van der Waals surface area contributed by atoms with Gasteiger partial charge in [-0.3, -0.25) is 0 Å². The van der Waals surface area contributed by atoms with Gasteiger partial charge in [-0.25, -0.2) is 8.42 Å². The molecule has 1 saturated heterocycles. The molecule has 1 atom stereocenters. The van der Waals surface area contributed by atoms with Crippen molar-refractivity contribution in [2.24, 2.45) is 0 Å². The van der Waals surface area contributed by atoms with Crippen LogP contribution in [0.2, 0.25) is 0 Å². The highest BCUT2D eigenvalue weighted by Crippen LogP contribution is 2.31. The summed E-state index contributed by atoms with van der Waals surface area (Å²) in [5.41, 5.74) is 1.06. The molecule has 1 fully saturated rings. The number of hydrogen-bond donors (Lipinski definition) is 1. The average molecular weight is 375 g/mol. The van der Waals surface area contributed by atoms with E-state index in [2.05, 4.69) is 28.2 Å². The van der Waals surface area contributed by atoms with E-state index in [4.69, 9.17) is 0 Å². The lowest BCUT2D eigenvalue weighted by Gasteiger charge is -2.34. The first-order valence-corrected chi connectivity index (χ1v) is 9.69. The van der Waals surface area contributed by atoms with Gasteiger partial charge in [-0.05, 0) is 59.9 Å². The van der Waals surface area contributed by atoms with Crippen molar-refractivity contribution in [1.29, 1.82) is 0 Å². The van der Waals surface area contributed by atoms with E-state index in [1.54, 1.807) is 10.4 Å². The van der Waals surface area contributed by atoms with Gasteiger partial charge in [-0.15, -0.1) is 0 Å². The van der Waals surface area contributed by atoms with Gasteiger partial charge in [0.05, 0.1) is 4.90 Å². The Kier molecular flexibility index (Phi) is 5.82. The zero-order valence-electron chi connectivity index (χ0n) is 12.6. The van der Waals surface area contributed by atoms with E-state index in [0.717, 1.165) is 37.8 Å². The third-order valence-electron chi connectivity index (χ3n) is 4.01. The SMILES string of the molecule is CCC1CCCCN1S(=O)(=O)c1ccc(CNC)cc1Br. The summed E-state index contributed by atoms with van der Waals surface area (Å²) in [7, 11) is -1.55. The molecule has 1 heterocycles. The Balaban J connectivity index is 2.34. The Hall–Kier alpha value is -0.430. The zero-order valence-corrected chi connectivity index (χ0v) is 15.0. The van der Waals surface area contributed by atoms with Gasteiger partial charge in [0.25, 0.3) is 0 Å². The number of hydrogen-bond acceptors (Lipinski definition) is 3. The topological polar surface area (TPSA) is 49.4 Å². The minimum Gasteiger partial charge on any atom is -0.316 e. The molecule has 1 N–H and O–H groups in total. The normalized spacial score (nSPS) is 20.6. The van der Waals surface area contributed by atoms with Crippen molar-refractivity contribution in [2.45, 2.75) is 50.1 Å². The Morgan fingerprint density at radius 1 is 1.38 bits per heavy atom. The Bertz CT molecular complexity index is 589. The fraction of sp³-hybridized carbons (Fsp3) is 0.600. The molecule has 0 bridgehead atoms. The number of piperidine rings is 1. The molecule has 1 aromatic carbocycles. The zero-order chi connectivity index (χ0) is 15.5. The molecule has 0 saturated carbocycles. The highest BCUT2D eigenvalue weighted by atomic mass is 79.9. The molecule has 1 unspecified atom stereocenters. The van der Waals surface area contributed by atoms with Crippen molar-refractivity contribution >= 4 is 26.0 Å². The molecule has 0 amide bonds. The third-order valence-corrected chi connectivity index (χ3v) is 6.94. The molecule has 4 nitrogen and oxygen atoms in total. The number of nitrogens with zero attached hydrogens (tertiary/aromatic N) is 1. The first kappa shape index (κ1) is 16.9. The maximum absolute atomic E-state index is 12.9. The predicted molar refractivity (Wildman–Crippen MR) is 88.7 cm³/mol. The van der Waals surface area contributed by atoms with Gasteiger partial charge in [0, 0.05) is 23.6 Å². The first-order chi connectivity index (χ1) is 10.0. The smallest absolute Gasteiger partial charge is 0.244 e. The Labute approximate surface area is 136 Å². The summed E-state index contributed by atoms with van der Waals surface area (Å²) in [4.78, 5) is 0.378. The van der Waals surface area contributed by atoms with Crippen molar-refractivity contribution < 1.29 is 8.42 Å². The largest absolute Gasteiger partial charge is 0.316 e. The molecule has 1 aliphatic rings. The first-order valence-electron chi connectivity index (χ1n) is 7.45. The molecule has 0 spiro atoms. The average Bonchev–Trinajstić information content (AvgIpc) is 2.47. The van der Waals surface area contributed by atoms with Gasteiger partial charge in [-0.2, -0.15) is 4.31 Å². The molecular formula is C15H23BrN2O2S. The van der Waals surface area contributed by atoms with Crippen LogP contribution in [0.3, 0.4) is 0 Å². The van der Waals surface area contributed by atoms with Gasteiger partial charge in [0.15, 0.2) is 0 Å². The fourth-order valence-electron chi connectivity index (χ4n) is 2.89. The van der Waals surface area contributed by atoms with Crippen molar-refractivity contribution in [3.8, 4) is 0 Å². The second-order valence-corrected chi connectivity index (χ2v) is 8.18. The predicted octanol–water partition coefficient (Wildman–Crippen LogP) is 3.12. The minimum absolute atomic E-state index is 0.132. The van der Waals surface area contributed by atoms with Crippen LogP contribution in [-0.2, 0) is 16.6 Å². The van der Waals surface area contributed by atoms with Crippen molar-refractivity contribution in [1.82, 2.24) is 9.62 Å². The van der Waals surface area contributed by atoms with E-state index < -0.39 is 10.0 Å². The summed E-state index contributed by atoms with van der Waals surface area (Å²) in [6, 6.07) is 5.61. The van der Waals surface area contributed by atoms with E-state index in [1.807, 2.05) is 19.2 Å². The lowest BCUT2D eigenvalue weighted by molar-refractivity contribution is 0.246. The van der Waals surface area contributed by atoms with Crippen molar-refractivity contribution in [3.05, 3.63) is 28.2 Å². The van der Waals surface area contributed by atoms with Crippen molar-refractivity contribution in [3.63, 3.8) is 0 Å². The molecule has 2 rings (SSSR count). The Morgan fingerprint density at radius 3 is 2.76 bits per heavy atom. The van der Waals surface area contributed by atoms with Gasteiger partial charge in [-0.1, -0.05) is 19.4 Å². The molecule has 6 heteroatoms. The summed E-state index contributed by atoms with van der Waals surface area (Å²) in [5.74, 6) is 0. The fourth-order valence-corrected chi connectivity index (χ4v) is 5.75. The third kappa shape index (κ3) is 3.67. The molecule has 1 aromatic rings. The number of sulfonamides is 1. The van der Waals surface area contributed by atoms with E-state index >= 15 is 0 Å². The van der Waals surface area contributed by atoms with E-state index in [-0.39, 0.29) is 6.04 Å². The quantitative estimate of drug-likeness (QED) is 0.860. The van der Waals surface area contributed by atoms with Crippen LogP contribution in [0.4, 0.5) is 0 Å². The highest BCUT2D eigenvalue weighted by molar-refractivity contribution is 9.10. The summed E-state index contributed by atoms with van der Waals surface area (Å²) in [6.07, 6.45) is 3.90. The second-order valence-electron chi connectivity index (χ2n) is 5.47. The molecule has 0 aromatic heterocycles. The van der Waals surface area contributed by atoms with Crippen LogP contribution in [-0.4, -0.2) is 32.4 Å². The Morgan fingerprint density at radius 2 is 2.14 bits per heavy atom. The lowest BCUT2D eigenvalue weighted by Crippen LogP contribution is -2.43. The highest BCUT2D eigenvalue weighted by Gasteiger charge is 2.33. The molecule has 0 radical (unpaired) electrons. The standard InChI is InChI=1S/C15H23BrN2O2S/c1-3-13-6-4-5-9-18(13)21(19,20)15-8-7-12(11-17-2)10-14(15)16/h7-8,10,13,17H,3-6,9,11H2,1-2H3. The van der Waals surface area contributed by atoms with E-state index in [0.29, 0.717) is 15.9 Å². The van der Waals surface area contributed by atoms with Crippen LogP contribution in [0.1, 0.15) is 38.2 Å². The summed E-state index contributed by atoms with van der Waals surface area (Å²) < 4.78 is 28.2. The van der Waals surface area contributed by atoms with Crippen LogP contribution in [0.15, 0.2) is 27.6 Å². The molecule has 118 valence electrons. The molecular weight excluding hydrogens is 352 g/mol. The summed E-state index contributed by atoms with van der Waals surface area (Å²) in [6.45, 7) is 3.41. The second kappa shape index (κ2) is 7.22. The van der Waals surface area contributed by atoms with Crippen LogP contribution in [0.25, 0.3) is 0 Å². The summed E-state index contributed by atoms with van der Waals surface area (Å²) in [5, 5.41) is 3.07. The maximum atomic E-state index is 12.9. The van der Waals surface area contributed by atoms with Crippen LogP contribution in [0, 0.1) is 0 Å². The molecule has 21 heavy (non-hydrogen) atoms. The van der Waals surface area contributed by atoms with Crippen LogP contribution >= 0.6 is 15.9 Å². The van der Waals surface area contributed by atoms with E-state index in [9.17, 15) is 8.42 Å². The monoisotopic (exact) mass is 374 g/mol. The molecule has 0 aliphatic carbocycles. The van der Waals surface area contributed by atoms with Gasteiger partial charge < -0.3 is 5.32 Å². The van der Waals surface area contributed by atoms with E-state index in [1.165, 1.54) is 0 Å².